The molecular weight excluding hydrogens is 335 g/mol. The van der Waals surface area contributed by atoms with Crippen LogP contribution >= 0.6 is 0 Å². The molecule has 142 valence electrons. The van der Waals surface area contributed by atoms with Gasteiger partial charge in [0.25, 0.3) is 0 Å². The molecule has 0 saturated carbocycles. The van der Waals surface area contributed by atoms with Crippen molar-refractivity contribution in [1.82, 2.24) is 0 Å². The molecule has 9 nitrogen and oxygen atoms in total. The summed E-state index contributed by atoms with van der Waals surface area (Å²) >= 11 is 0. The van der Waals surface area contributed by atoms with E-state index in [9.17, 15) is 0 Å². The third-order valence-corrected chi connectivity index (χ3v) is 1.58. The Labute approximate surface area is 144 Å². The molecule has 6 N–H and O–H groups in total. The Morgan fingerprint density at radius 3 is 0.864 bits per heavy atom. The van der Waals surface area contributed by atoms with Crippen LogP contribution in [-0.2, 0) is 16.5 Å². The molecule has 0 fully saturated rings. The molecule has 10 heteroatoms. The van der Waals surface area contributed by atoms with Gasteiger partial charge in [-0.2, -0.15) is 39.3 Å². The Morgan fingerprint density at radius 1 is 0.500 bits per heavy atom. The number of nitrogens with zero attached hydrogens (tertiary/aromatic N) is 3. The molecule has 0 unspecified atom stereocenters. The van der Waals surface area contributed by atoms with Crippen molar-refractivity contribution < 1.29 is 31.8 Å². The van der Waals surface area contributed by atoms with Crippen LogP contribution in [0.15, 0.2) is 0 Å². The molecule has 0 aliphatic rings. The Hall–Kier alpha value is 0.134. The molecule has 0 aromatic carbocycles. The zero-order chi connectivity index (χ0) is 16.6. The fraction of sp³-hybridized carbons (Fsp3) is 1.00. The molecule has 22 heavy (non-hydrogen) atoms. The normalized spacial score (nSPS) is 9.00. The molecule has 0 aromatic heterocycles. The Kier molecular flexibility index (Phi) is 51.1. The molecule has 0 aliphatic carbocycles. The van der Waals surface area contributed by atoms with Crippen molar-refractivity contribution in [3.8, 4) is 0 Å². The SMILES string of the molecule is [NH-]CC[N-]CCO.[NH-]CC[N-]CCO.[NH-]CC[N-]CCO.[Ni]. The number of aliphatic hydroxyl groups is 3. The van der Waals surface area contributed by atoms with Crippen molar-refractivity contribution in [2.24, 2.45) is 0 Å². The van der Waals surface area contributed by atoms with Crippen LogP contribution in [0.4, 0.5) is 0 Å². The fourth-order valence-corrected chi connectivity index (χ4v) is 0.785. The van der Waals surface area contributed by atoms with Crippen LogP contribution in [0, 0.1) is 0 Å². The fourth-order valence-electron chi connectivity index (χ4n) is 0.785. The van der Waals surface area contributed by atoms with Gasteiger partial charge in [0.1, 0.15) is 0 Å². The van der Waals surface area contributed by atoms with Gasteiger partial charge >= 0.3 is 0 Å². The Balaban J connectivity index is -0.000000108. The standard InChI is InChI=1S/3C4H10N2O.Ni/c3*5-1-2-6-3-4-7;/h3*5,7H,1-4H2;/q3*-2;. The number of rotatable bonds is 12. The molecule has 0 aliphatic heterocycles. The molecule has 0 heterocycles. The van der Waals surface area contributed by atoms with Gasteiger partial charge in [-0.05, 0) is 0 Å². The molecule has 0 bridgehead atoms. The number of aliphatic hydroxyl groups excluding tert-OH is 3. The van der Waals surface area contributed by atoms with Crippen LogP contribution in [0.3, 0.4) is 0 Å². The number of nitrogens with one attached hydrogen (secondary N) is 3. The minimum atomic E-state index is 0. The van der Waals surface area contributed by atoms with Gasteiger partial charge < -0.3 is 48.5 Å². The quantitative estimate of drug-likeness (QED) is 0.349. The summed E-state index contributed by atoms with van der Waals surface area (Å²) in [7, 11) is 0. The third kappa shape index (κ3) is 50.1. The van der Waals surface area contributed by atoms with E-state index in [-0.39, 0.29) is 36.3 Å². The zero-order valence-electron chi connectivity index (χ0n) is 13.0. The van der Waals surface area contributed by atoms with Crippen LogP contribution in [0.5, 0.6) is 0 Å². The molecule has 0 radical (unpaired) electrons. The molecule has 0 atom stereocenters. The van der Waals surface area contributed by atoms with Crippen LogP contribution in [0.25, 0.3) is 33.2 Å². The van der Waals surface area contributed by atoms with Gasteiger partial charge in [0, 0.05) is 36.3 Å². The first-order chi connectivity index (χ1) is 10.2. The van der Waals surface area contributed by atoms with E-state index in [1.807, 2.05) is 0 Å². The smallest absolute Gasteiger partial charge is 0.0243 e. The van der Waals surface area contributed by atoms with Crippen LogP contribution in [0.1, 0.15) is 0 Å². The largest absolute Gasteiger partial charge is 0.679 e. The van der Waals surface area contributed by atoms with Gasteiger partial charge in [0.2, 0.25) is 0 Å². The summed E-state index contributed by atoms with van der Waals surface area (Å²) in [5.41, 5.74) is 19.8. The van der Waals surface area contributed by atoms with Crippen LogP contribution in [-0.4, -0.2) is 94.0 Å². The van der Waals surface area contributed by atoms with Gasteiger partial charge in [0.05, 0.1) is 0 Å². The minimum absolute atomic E-state index is 0. The van der Waals surface area contributed by atoms with Crippen molar-refractivity contribution in [1.29, 1.82) is 0 Å². The molecule has 0 saturated heterocycles. The van der Waals surface area contributed by atoms with Crippen LogP contribution in [0.2, 0.25) is 0 Å². The molecule has 0 spiro atoms. The molecule has 0 aromatic rings. The summed E-state index contributed by atoms with van der Waals surface area (Å²) in [6.07, 6.45) is 0. The summed E-state index contributed by atoms with van der Waals surface area (Å²) in [6, 6.07) is 0. The van der Waals surface area contributed by atoms with E-state index < -0.39 is 0 Å². The first kappa shape index (κ1) is 30.1. The van der Waals surface area contributed by atoms with E-state index in [2.05, 4.69) is 16.0 Å². The maximum absolute atomic E-state index is 8.14. The Bertz CT molecular complexity index is 116. The predicted molar refractivity (Wildman–Crippen MR) is 88.1 cm³/mol. The van der Waals surface area contributed by atoms with Gasteiger partial charge in [-0.25, -0.2) is 0 Å². The third-order valence-electron chi connectivity index (χ3n) is 1.58. The second kappa shape index (κ2) is 37.4. The van der Waals surface area contributed by atoms with E-state index in [0.29, 0.717) is 58.9 Å². The van der Waals surface area contributed by atoms with E-state index >= 15 is 0 Å². The first-order valence-electron chi connectivity index (χ1n) is 6.91. The maximum Gasteiger partial charge on any atom is 0.0243 e. The number of hydrogen-bond acceptors (Lipinski definition) is 3. The summed E-state index contributed by atoms with van der Waals surface area (Å²) in [5, 5.41) is 35.7. The van der Waals surface area contributed by atoms with Crippen molar-refractivity contribution in [3.63, 3.8) is 0 Å². The van der Waals surface area contributed by atoms with E-state index in [0.717, 1.165) is 0 Å². The average molecular weight is 365 g/mol. The average Bonchev–Trinajstić information content (AvgIpc) is 2.50. The van der Waals surface area contributed by atoms with E-state index in [1.54, 1.807) is 0 Å². The number of hydrogen-bond donors (Lipinski definition) is 3. The van der Waals surface area contributed by atoms with Crippen molar-refractivity contribution in [2.45, 2.75) is 0 Å². The first-order valence-corrected chi connectivity index (χ1v) is 6.91. The van der Waals surface area contributed by atoms with E-state index in [1.165, 1.54) is 0 Å². The Morgan fingerprint density at radius 2 is 0.727 bits per heavy atom. The molecule has 0 amide bonds. The van der Waals surface area contributed by atoms with E-state index in [4.69, 9.17) is 32.5 Å². The van der Waals surface area contributed by atoms with Crippen molar-refractivity contribution in [2.75, 3.05) is 78.7 Å². The molecule has 0 rings (SSSR count). The second-order valence-electron chi connectivity index (χ2n) is 3.43. The summed E-state index contributed by atoms with van der Waals surface area (Å²) < 4.78 is 0. The topological polar surface area (TPSA) is 174 Å². The van der Waals surface area contributed by atoms with Gasteiger partial charge in [-0.1, -0.05) is 0 Å². The van der Waals surface area contributed by atoms with Gasteiger partial charge in [0.15, 0.2) is 0 Å². The van der Waals surface area contributed by atoms with Crippen molar-refractivity contribution >= 4 is 0 Å². The monoisotopic (exact) mass is 364 g/mol. The minimum Gasteiger partial charge on any atom is -0.679 e. The summed E-state index contributed by atoms with van der Waals surface area (Å²) in [5.74, 6) is 0. The summed E-state index contributed by atoms with van der Waals surface area (Å²) in [4.78, 5) is 0. The van der Waals surface area contributed by atoms with Gasteiger partial charge in [-0.15, -0.1) is 19.6 Å². The van der Waals surface area contributed by atoms with Crippen LogP contribution < -0.4 is 0 Å². The maximum atomic E-state index is 8.14. The molecular formula is C12H30N6NiO3-6. The van der Waals surface area contributed by atoms with Crippen molar-refractivity contribution in [3.05, 3.63) is 33.2 Å². The second-order valence-corrected chi connectivity index (χ2v) is 3.43. The predicted octanol–water partition coefficient (Wildman–Crippen LogP) is 1.21. The summed E-state index contributed by atoms with van der Waals surface area (Å²) in [6.45, 7) is 4.46. The van der Waals surface area contributed by atoms with Gasteiger partial charge in [-0.3, -0.25) is 0 Å². The zero-order valence-corrected chi connectivity index (χ0v) is 14.0.